The lowest BCUT2D eigenvalue weighted by atomic mass is 10.1. The van der Waals surface area contributed by atoms with Crippen LogP contribution in [-0.2, 0) is 9.53 Å². The highest BCUT2D eigenvalue weighted by atomic mass is 16.5. The average molecular weight is 342 g/mol. The van der Waals surface area contributed by atoms with Gasteiger partial charge in [-0.3, -0.25) is 9.69 Å². The number of rotatable bonds is 18. The van der Waals surface area contributed by atoms with Gasteiger partial charge in [0.15, 0.2) is 0 Å². The van der Waals surface area contributed by atoms with Gasteiger partial charge in [-0.2, -0.15) is 0 Å². The van der Waals surface area contributed by atoms with Gasteiger partial charge >= 0.3 is 5.97 Å². The van der Waals surface area contributed by atoms with Crippen molar-refractivity contribution in [1.82, 2.24) is 4.90 Å². The quantitative estimate of drug-likeness (QED) is 0.227. The molecule has 0 aliphatic carbocycles. The molecule has 0 saturated heterocycles. The Morgan fingerprint density at radius 3 is 1.67 bits per heavy atom. The maximum absolute atomic E-state index is 12.0. The van der Waals surface area contributed by atoms with Gasteiger partial charge in [0.2, 0.25) is 0 Å². The van der Waals surface area contributed by atoms with Crippen LogP contribution in [0.25, 0.3) is 0 Å². The zero-order valence-corrected chi connectivity index (χ0v) is 16.8. The number of esters is 1. The summed E-state index contributed by atoms with van der Waals surface area (Å²) in [6.45, 7) is 9.82. The van der Waals surface area contributed by atoms with E-state index < -0.39 is 0 Å². The molecule has 144 valence electrons. The lowest BCUT2D eigenvalue weighted by molar-refractivity contribution is -0.145. The van der Waals surface area contributed by atoms with Gasteiger partial charge in [-0.1, -0.05) is 85.0 Å². The summed E-state index contributed by atoms with van der Waals surface area (Å²) in [5, 5.41) is 0. The Morgan fingerprint density at radius 2 is 1.12 bits per heavy atom. The van der Waals surface area contributed by atoms with E-state index in [2.05, 4.69) is 25.7 Å². The third kappa shape index (κ3) is 16.3. The summed E-state index contributed by atoms with van der Waals surface area (Å²) in [4.78, 5) is 14.3. The predicted octanol–water partition coefficient (Wildman–Crippen LogP) is 5.96. The average Bonchev–Trinajstić information content (AvgIpc) is 2.57. The highest BCUT2D eigenvalue weighted by molar-refractivity contribution is 5.71. The molecule has 0 aromatic heterocycles. The molecule has 0 heterocycles. The zero-order valence-electron chi connectivity index (χ0n) is 16.8. The standard InChI is InChI=1S/C21H43NO2/c1-4-7-10-11-12-13-16-19-24-21(23)20-22(17-14-8-5-2)18-15-9-6-3/h4-20H2,1-3H3. The van der Waals surface area contributed by atoms with Crippen LogP contribution < -0.4 is 0 Å². The lowest BCUT2D eigenvalue weighted by Gasteiger charge is -2.21. The van der Waals surface area contributed by atoms with Crippen molar-refractivity contribution in [2.45, 2.75) is 104 Å². The van der Waals surface area contributed by atoms with Crippen LogP contribution in [0.5, 0.6) is 0 Å². The molecule has 0 saturated carbocycles. The maximum atomic E-state index is 12.0. The van der Waals surface area contributed by atoms with E-state index in [1.165, 1.54) is 77.0 Å². The van der Waals surface area contributed by atoms with E-state index in [9.17, 15) is 4.79 Å². The fraction of sp³-hybridized carbons (Fsp3) is 0.952. The van der Waals surface area contributed by atoms with Crippen molar-refractivity contribution in [2.75, 3.05) is 26.2 Å². The number of ether oxygens (including phenoxy) is 1. The van der Waals surface area contributed by atoms with E-state index in [0.717, 1.165) is 19.5 Å². The van der Waals surface area contributed by atoms with E-state index in [0.29, 0.717) is 13.2 Å². The molecule has 0 spiro atoms. The molecule has 0 rings (SSSR count). The maximum Gasteiger partial charge on any atom is 0.320 e. The molecule has 0 atom stereocenters. The highest BCUT2D eigenvalue weighted by Gasteiger charge is 2.11. The second-order valence-corrected chi connectivity index (χ2v) is 7.03. The Hall–Kier alpha value is -0.570. The summed E-state index contributed by atoms with van der Waals surface area (Å²) >= 11 is 0. The fourth-order valence-electron chi connectivity index (χ4n) is 2.91. The summed E-state index contributed by atoms with van der Waals surface area (Å²) < 4.78 is 5.43. The number of carbonyl (C=O) groups is 1. The smallest absolute Gasteiger partial charge is 0.320 e. The Labute approximate surface area is 151 Å². The topological polar surface area (TPSA) is 29.5 Å². The minimum Gasteiger partial charge on any atom is -0.465 e. The molecule has 3 nitrogen and oxygen atoms in total. The minimum absolute atomic E-state index is 0.0334. The van der Waals surface area contributed by atoms with Gasteiger partial charge in [-0.15, -0.1) is 0 Å². The number of nitrogens with zero attached hydrogens (tertiary/aromatic N) is 1. The Morgan fingerprint density at radius 1 is 0.667 bits per heavy atom. The minimum atomic E-state index is -0.0334. The van der Waals surface area contributed by atoms with E-state index >= 15 is 0 Å². The molecule has 0 N–H and O–H groups in total. The Balaban J connectivity index is 3.74. The Bertz CT molecular complexity index is 259. The van der Waals surface area contributed by atoms with Crippen LogP contribution in [-0.4, -0.2) is 37.1 Å². The largest absolute Gasteiger partial charge is 0.465 e. The van der Waals surface area contributed by atoms with Gasteiger partial charge < -0.3 is 4.74 Å². The second-order valence-electron chi connectivity index (χ2n) is 7.03. The number of unbranched alkanes of at least 4 members (excludes halogenated alkanes) is 10. The normalized spacial score (nSPS) is 11.2. The van der Waals surface area contributed by atoms with Crippen LogP contribution in [0.2, 0.25) is 0 Å². The van der Waals surface area contributed by atoms with Crippen molar-refractivity contribution in [2.24, 2.45) is 0 Å². The molecular formula is C21H43NO2. The molecule has 0 bridgehead atoms. The number of hydrogen-bond donors (Lipinski definition) is 0. The fourth-order valence-corrected chi connectivity index (χ4v) is 2.91. The molecule has 0 amide bonds. The SMILES string of the molecule is CCCCCCCCCOC(=O)CN(CCCCC)CCCCC. The monoisotopic (exact) mass is 341 g/mol. The number of carbonyl (C=O) groups excluding carboxylic acids is 1. The molecular weight excluding hydrogens is 298 g/mol. The van der Waals surface area contributed by atoms with E-state index in [4.69, 9.17) is 4.74 Å². The molecule has 0 aliphatic rings. The third-order valence-corrected chi connectivity index (χ3v) is 4.52. The van der Waals surface area contributed by atoms with Gasteiger partial charge in [0, 0.05) is 0 Å². The summed E-state index contributed by atoms with van der Waals surface area (Å²) in [5.74, 6) is -0.0334. The molecule has 3 heteroatoms. The molecule has 0 fully saturated rings. The van der Waals surface area contributed by atoms with Gasteiger partial charge in [-0.05, 0) is 32.4 Å². The van der Waals surface area contributed by atoms with Crippen LogP contribution in [0.15, 0.2) is 0 Å². The molecule has 0 aromatic rings. The molecule has 0 aromatic carbocycles. The highest BCUT2D eigenvalue weighted by Crippen LogP contribution is 2.07. The molecule has 24 heavy (non-hydrogen) atoms. The van der Waals surface area contributed by atoms with Crippen molar-refractivity contribution in [3.8, 4) is 0 Å². The van der Waals surface area contributed by atoms with Crippen molar-refractivity contribution in [3.63, 3.8) is 0 Å². The van der Waals surface area contributed by atoms with Crippen LogP contribution >= 0.6 is 0 Å². The van der Waals surface area contributed by atoms with E-state index in [-0.39, 0.29) is 5.97 Å². The third-order valence-electron chi connectivity index (χ3n) is 4.52. The Kier molecular flexibility index (Phi) is 18.3. The summed E-state index contributed by atoms with van der Waals surface area (Å²) in [6.07, 6.45) is 16.1. The summed E-state index contributed by atoms with van der Waals surface area (Å²) in [7, 11) is 0. The molecule has 0 unspecified atom stereocenters. The first-order valence-corrected chi connectivity index (χ1v) is 10.6. The summed E-state index contributed by atoms with van der Waals surface area (Å²) in [5.41, 5.74) is 0. The van der Waals surface area contributed by atoms with Crippen molar-refractivity contribution < 1.29 is 9.53 Å². The summed E-state index contributed by atoms with van der Waals surface area (Å²) in [6, 6.07) is 0. The first-order chi connectivity index (χ1) is 11.7. The van der Waals surface area contributed by atoms with Crippen molar-refractivity contribution in [3.05, 3.63) is 0 Å². The van der Waals surface area contributed by atoms with Crippen LogP contribution in [0.1, 0.15) is 104 Å². The predicted molar refractivity (Wildman–Crippen MR) is 104 cm³/mol. The van der Waals surface area contributed by atoms with E-state index in [1.54, 1.807) is 0 Å². The van der Waals surface area contributed by atoms with Crippen molar-refractivity contribution in [1.29, 1.82) is 0 Å². The molecule has 0 aliphatic heterocycles. The molecule has 0 radical (unpaired) electrons. The second kappa shape index (κ2) is 18.8. The van der Waals surface area contributed by atoms with Crippen LogP contribution in [0.3, 0.4) is 0 Å². The van der Waals surface area contributed by atoms with Gasteiger partial charge in [-0.25, -0.2) is 0 Å². The van der Waals surface area contributed by atoms with Gasteiger partial charge in [0.05, 0.1) is 13.2 Å². The van der Waals surface area contributed by atoms with Crippen LogP contribution in [0, 0.1) is 0 Å². The number of hydrogen-bond acceptors (Lipinski definition) is 3. The van der Waals surface area contributed by atoms with E-state index in [1.807, 2.05) is 0 Å². The van der Waals surface area contributed by atoms with Gasteiger partial charge in [0.1, 0.15) is 0 Å². The zero-order chi connectivity index (χ0) is 17.9. The van der Waals surface area contributed by atoms with Gasteiger partial charge in [0.25, 0.3) is 0 Å². The van der Waals surface area contributed by atoms with Crippen molar-refractivity contribution >= 4 is 5.97 Å². The first-order valence-electron chi connectivity index (χ1n) is 10.6. The van der Waals surface area contributed by atoms with Crippen LogP contribution in [0.4, 0.5) is 0 Å². The lowest BCUT2D eigenvalue weighted by Crippen LogP contribution is -2.33. The first kappa shape index (κ1) is 23.4.